The number of nitrogens with zero attached hydrogens (tertiary/aromatic N) is 3. The van der Waals surface area contributed by atoms with Gasteiger partial charge in [-0.15, -0.1) is 0 Å². The zero-order valence-corrected chi connectivity index (χ0v) is 16.7. The van der Waals surface area contributed by atoms with Crippen LogP contribution in [0, 0.1) is 10.1 Å². The van der Waals surface area contributed by atoms with Gasteiger partial charge in [-0.25, -0.2) is 19.6 Å². The van der Waals surface area contributed by atoms with Gasteiger partial charge in [0, 0.05) is 23.5 Å². The summed E-state index contributed by atoms with van der Waals surface area (Å²) in [5.41, 5.74) is 1.83. The van der Waals surface area contributed by atoms with Gasteiger partial charge in [-0.1, -0.05) is 0 Å². The van der Waals surface area contributed by atoms with Crippen LogP contribution in [-0.4, -0.2) is 37.0 Å². The molecule has 0 aliphatic heterocycles. The highest BCUT2D eigenvalue weighted by atomic mass is 16.6. The second-order valence-electron chi connectivity index (χ2n) is 6.87. The molecule has 0 radical (unpaired) electrons. The third-order valence-corrected chi connectivity index (χ3v) is 4.65. The van der Waals surface area contributed by atoms with Gasteiger partial charge in [0.1, 0.15) is 0 Å². The Hall–Kier alpha value is -5.06. The van der Waals surface area contributed by atoms with Crippen molar-refractivity contribution in [1.82, 2.24) is 9.97 Å². The van der Waals surface area contributed by atoms with E-state index in [9.17, 15) is 19.7 Å². The monoisotopic (exact) mass is 445 g/mol. The normalized spacial score (nSPS) is 10.5. The van der Waals surface area contributed by atoms with Crippen LogP contribution < -0.4 is 10.6 Å². The third-order valence-electron chi connectivity index (χ3n) is 4.65. The Labute approximate surface area is 185 Å². The quantitative estimate of drug-likeness (QED) is 0.236. The maximum atomic E-state index is 11.1. The molecule has 11 nitrogen and oxygen atoms in total. The molecule has 164 valence electrons. The number of fused-ring (bicyclic) bond motifs is 1. The number of nitro groups is 1. The maximum Gasteiger partial charge on any atom is 0.335 e. The largest absolute Gasteiger partial charge is 0.478 e. The van der Waals surface area contributed by atoms with Gasteiger partial charge in [-0.3, -0.25) is 10.1 Å². The Bertz CT molecular complexity index is 1390. The molecular weight excluding hydrogens is 430 g/mol. The summed E-state index contributed by atoms with van der Waals surface area (Å²) in [6.07, 6.45) is 0. The van der Waals surface area contributed by atoms with E-state index in [0.29, 0.717) is 16.9 Å². The number of benzene rings is 3. The average molecular weight is 445 g/mol. The number of carbonyl (C=O) groups is 2. The van der Waals surface area contributed by atoms with Crippen LogP contribution in [0.25, 0.3) is 11.0 Å². The average Bonchev–Trinajstić information content (AvgIpc) is 2.79. The van der Waals surface area contributed by atoms with E-state index in [2.05, 4.69) is 20.6 Å². The molecule has 0 aliphatic rings. The van der Waals surface area contributed by atoms with Gasteiger partial charge in [0.05, 0.1) is 27.1 Å². The SMILES string of the molecule is O=C(O)c1ccc(Nc2nc3ccc([N+](=O)[O-])cc3nc2Nc2ccc(C(=O)O)cc2)cc1. The number of carboxylic acids is 2. The summed E-state index contributed by atoms with van der Waals surface area (Å²) < 4.78 is 0. The molecule has 1 aromatic heterocycles. The van der Waals surface area contributed by atoms with E-state index in [-0.39, 0.29) is 34.0 Å². The van der Waals surface area contributed by atoms with Gasteiger partial charge in [-0.2, -0.15) is 0 Å². The number of nitrogens with one attached hydrogen (secondary N) is 2. The number of aromatic nitrogens is 2. The lowest BCUT2D eigenvalue weighted by Crippen LogP contribution is -2.04. The molecule has 1 heterocycles. The molecule has 0 fully saturated rings. The summed E-state index contributed by atoms with van der Waals surface area (Å²) in [5, 5.41) is 35.4. The number of aromatic carboxylic acids is 2. The highest BCUT2D eigenvalue weighted by Gasteiger charge is 2.14. The molecule has 0 amide bonds. The topological polar surface area (TPSA) is 168 Å². The summed E-state index contributed by atoms with van der Waals surface area (Å²) in [6, 6.07) is 16.0. The third kappa shape index (κ3) is 4.66. The van der Waals surface area contributed by atoms with Gasteiger partial charge in [0.2, 0.25) is 0 Å². The summed E-state index contributed by atoms with van der Waals surface area (Å²) in [5.74, 6) is -1.61. The first kappa shape index (κ1) is 21.2. The lowest BCUT2D eigenvalue weighted by Gasteiger charge is -2.14. The van der Waals surface area contributed by atoms with Crippen molar-refractivity contribution in [3.05, 3.63) is 88.0 Å². The van der Waals surface area contributed by atoms with E-state index < -0.39 is 16.9 Å². The molecule has 4 aromatic rings. The fourth-order valence-corrected chi connectivity index (χ4v) is 3.00. The molecule has 0 unspecified atom stereocenters. The Morgan fingerprint density at radius 2 is 1.18 bits per heavy atom. The molecule has 0 aliphatic carbocycles. The molecule has 0 saturated carbocycles. The van der Waals surface area contributed by atoms with E-state index in [1.807, 2.05) is 0 Å². The second kappa shape index (κ2) is 8.59. The maximum absolute atomic E-state index is 11.1. The standard InChI is InChI=1S/C22H15N5O6/c28-21(29)12-1-5-14(6-2-12)23-19-20(24-15-7-3-13(4-8-15)22(30)31)26-18-11-16(27(32)33)9-10-17(18)25-19/h1-11H,(H,23,25)(H,24,26)(H,28,29)(H,30,31). The minimum atomic E-state index is -1.06. The molecule has 33 heavy (non-hydrogen) atoms. The number of nitro benzene ring substituents is 1. The van der Waals surface area contributed by atoms with E-state index in [4.69, 9.17) is 10.2 Å². The highest BCUT2D eigenvalue weighted by molar-refractivity contribution is 5.90. The molecule has 3 aromatic carbocycles. The van der Waals surface area contributed by atoms with Gasteiger partial charge < -0.3 is 20.8 Å². The van der Waals surface area contributed by atoms with Crippen molar-refractivity contribution >= 4 is 51.7 Å². The van der Waals surface area contributed by atoms with Crippen LogP contribution in [0.4, 0.5) is 28.7 Å². The Morgan fingerprint density at radius 1 is 0.727 bits per heavy atom. The zero-order chi connectivity index (χ0) is 23.5. The van der Waals surface area contributed by atoms with Crippen LogP contribution >= 0.6 is 0 Å². The van der Waals surface area contributed by atoms with Crippen LogP contribution in [0.1, 0.15) is 20.7 Å². The smallest absolute Gasteiger partial charge is 0.335 e. The molecule has 0 atom stereocenters. The Kier molecular flexibility index (Phi) is 5.51. The van der Waals surface area contributed by atoms with Crippen LogP contribution in [0.2, 0.25) is 0 Å². The van der Waals surface area contributed by atoms with Crippen LogP contribution in [0.5, 0.6) is 0 Å². The van der Waals surface area contributed by atoms with Gasteiger partial charge in [-0.05, 0) is 54.6 Å². The van der Waals surface area contributed by atoms with E-state index in [1.165, 1.54) is 42.5 Å². The summed E-state index contributed by atoms with van der Waals surface area (Å²) in [6.45, 7) is 0. The van der Waals surface area contributed by atoms with Crippen molar-refractivity contribution < 1.29 is 24.7 Å². The first-order chi connectivity index (χ1) is 15.8. The number of anilines is 4. The van der Waals surface area contributed by atoms with Crippen molar-refractivity contribution in [3.63, 3.8) is 0 Å². The predicted octanol–water partition coefficient (Wildman–Crippen LogP) is 4.42. The molecular formula is C22H15N5O6. The van der Waals surface area contributed by atoms with E-state index in [1.54, 1.807) is 24.3 Å². The first-order valence-corrected chi connectivity index (χ1v) is 9.47. The molecule has 4 rings (SSSR count). The molecule has 0 saturated heterocycles. The van der Waals surface area contributed by atoms with Crippen LogP contribution in [0.15, 0.2) is 66.7 Å². The molecule has 4 N–H and O–H groups in total. The van der Waals surface area contributed by atoms with Crippen molar-refractivity contribution in [2.24, 2.45) is 0 Å². The minimum absolute atomic E-state index is 0.109. The number of carboxylic acid groups (broad SMARTS) is 2. The van der Waals surface area contributed by atoms with Gasteiger partial charge >= 0.3 is 11.9 Å². The summed E-state index contributed by atoms with van der Waals surface area (Å²) >= 11 is 0. The predicted molar refractivity (Wildman–Crippen MR) is 120 cm³/mol. The number of non-ortho nitro benzene ring substituents is 1. The second-order valence-corrected chi connectivity index (χ2v) is 6.87. The number of rotatable bonds is 7. The lowest BCUT2D eigenvalue weighted by atomic mass is 10.2. The molecule has 11 heteroatoms. The minimum Gasteiger partial charge on any atom is -0.478 e. The Balaban J connectivity index is 1.75. The van der Waals surface area contributed by atoms with E-state index >= 15 is 0 Å². The lowest BCUT2D eigenvalue weighted by molar-refractivity contribution is -0.384. The van der Waals surface area contributed by atoms with Gasteiger partial charge in [0.15, 0.2) is 11.6 Å². The van der Waals surface area contributed by atoms with Crippen LogP contribution in [0.3, 0.4) is 0 Å². The molecule has 0 spiro atoms. The number of hydrogen-bond donors (Lipinski definition) is 4. The summed E-state index contributed by atoms with van der Waals surface area (Å²) in [4.78, 5) is 41.7. The Morgan fingerprint density at radius 3 is 1.61 bits per heavy atom. The van der Waals surface area contributed by atoms with Crippen molar-refractivity contribution in [2.45, 2.75) is 0 Å². The van der Waals surface area contributed by atoms with E-state index in [0.717, 1.165) is 0 Å². The molecule has 0 bridgehead atoms. The zero-order valence-electron chi connectivity index (χ0n) is 16.7. The first-order valence-electron chi connectivity index (χ1n) is 9.47. The fraction of sp³-hybridized carbons (Fsp3) is 0. The van der Waals surface area contributed by atoms with Crippen molar-refractivity contribution in [2.75, 3.05) is 10.6 Å². The van der Waals surface area contributed by atoms with Crippen molar-refractivity contribution in [1.29, 1.82) is 0 Å². The summed E-state index contributed by atoms with van der Waals surface area (Å²) in [7, 11) is 0. The highest BCUT2D eigenvalue weighted by Crippen LogP contribution is 2.29. The van der Waals surface area contributed by atoms with Crippen LogP contribution in [-0.2, 0) is 0 Å². The number of hydrogen-bond acceptors (Lipinski definition) is 8. The fourth-order valence-electron chi connectivity index (χ4n) is 3.00. The van der Waals surface area contributed by atoms with Crippen molar-refractivity contribution in [3.8, 4) is 0 Å². The van der Waals surface area contributed by atoms with Gasteiger partial charge in [0.25, 0.3) is 5.69 Å².